The van der Waals surface area contributed by atoms with E-state index in [0.717, 1.165) is 12.1 Å². The van der Waals surface area contributed by atoms with Crippen LogP contribution in [0.15, 0.2) is 91.7 Å². The van der Waals surface area contributed by atoms with E-state index in [2.05, 4.69) is 5.32 Å². The maximum atomic E-state index is 13.4. The molecule has 2 aliphatic heterocycles. The number of carbonyl (C=O) groups is 1. The molecular formula is C27H23N3O6S. The van der Waals surface area contributed by atoms with Gasteiger partial charge < -0.3 is 14.3 Å². The normalized spacial score (nSPS) is 19.4. The molecule has 1 fully saturated rings. The van der Waals surface area contributed by atoms with E-state index in [-0.39, 0.29) is 27.9 Å². The number of hydrogen-bond acceptors (Lipinski definition) is 6. The number of anilines is 1. The lowest BCUT2D eigenvalue weighted by Gasteiger charge is -2.42. The molecule has 1 saturated heterocycles. The fourth-order valence-electron chi connectivity index (χ4n) is 5.33. The number of hydrogen-bond donors (Lipinski definition) is 1. The third-order valence-corrected chi connectivity index (χ3v) is 8.93. The van der Waals surface area contributed by atoms with Crippen molar-refractivity contribution < 1.29 is 17.6 Å². The maximum absolute atomic E-state index is 13.4. The SMILES string of the molecule is O=C(Nc1ccc(S(=O)(=O)N2CC3CC(C2)c2cccc(=O)n2C3)cc1)c1cc2ccccc2oc1=O. The highest BCUT2D eigenvalue weighted by molar-refractivity contribution is 7.89. The largest absolute Gasteiger partial charge is 0.422 e. The molecule has 4 heterocycles. The molecule has 9 nitrogen and oxygen atoms in total. The first kappa shape index (κ1) is 23.4. The summed E-state index contributed by atoms with van der Waals surface area (Å²) in [5.41, 5.74) is 0.656. The quantitative estimate of drug-likeness (QED) is 0.416. The summed E-state index contributed by atoms with van der Waals surface area (Å²) in [5.74, 6) is -0.621. The van der Waals surface area contributed by atoms with Crippen molar-refractivity contribution in [3.8, 4) is 0 Å². The average Bonchev–Trinajstić information content (AvgIpc) is 2.89. The van der Waals surface area contributed by atoms with E-state index in [1.54, 1.807) is 34.9 Å². The number of fused-ring (bicyclic) bond motifs is 5. The van der Waals surface area contributed by atoms with Crippen molar-refractivity contribution in [2.45, 2.75) is 23.8 Å². The Balaban J connectivity index is 1.20. The number of rotatable bonds is 4. The fraction of sp³-hybridized carbons (Fsp3) is 0.222. The predicted octanol–water partition coefficient (Wildman–Crippen LogP) is 3.02. The predicted molar refractivity (Wildman–Crippen MR) is 137 cm³/mol. The molecule has 4 aromatic rings. The van der Waals surface area contributed by atoms with Gasteiger partial charge in [-0.3, -0.25) is 9.59 Å². The summed E-state index contributed by atoms with van der Waals surface area (Å²) in [7, 11) is -3.78. The number of sulfonamides is 1. The van der Waals surface area contributed by atoms with Crippen molar-refractivity contribution in [1.29, 1.82) is 0 Å². The first-order chi connectivity index (χ1) is 17.8. The van der Waals surface area contributed by atoms with Gasteiger partial charge in [-0.15, -0.1) is 0 Å². The molecule has 2 bridgehead atoms. The van der Waals surface area contributed by atoms with Gasteiger partial charge >= 0.3 is 5.63 Å². The van der Waals surface area contributed by atoms with Gasteiger partial charge in [-0.1, -0.05) is 24.3 Å². The molecule has 37 heavy (non-hydrogen) atoms. The topological polar surface area (TPSA) is 119 Å². The Bertz CT molecular complexity index is 1760. The molecule has 0 saturated carbocycles. The van der Waals surface area contributed by atoms with Gasteiger partial charge in [0.2, 0.25) is 10.0 Å². The highest BCUT2D eigenvalue weighted by atomic mass is 32.2. The van der Waals surface area contributed by atoms with E-state index >= 15 is 0 Å². The number of pyridine rings is 1. The Labute approximate surface area is 212 Å². The standard InChI is InChI=1S/C27H23N3O6S/c31-25-7-3-5-23-19-12-17(15-30(23)25)14-29(16-19)37(34,35)21-10-8-20(9-11-21)28-26(32)22-13-18-4-1-2-6-24(18)36-27(22)33/h1-11,13,17,19H,12,14-16H2,(H,28,32). The second-order valence-electron chi connectivity index (χ2n) is 9.48. The third-order valence-electron chi connectivity index (χ3n) is 7.08. The molecule has 2 atom stereocenters. The van der Waals surface area contributed by atoms with Crippen molar-refractivity contribution in [2.75, 3.05) is 18.4 Å². The van der Waals surface area contributed by atoms with Gasteiger partial charge in [0.25, 0.3) is 11.5 Å². The highest BCUT2D eigenvalue weighted by Gasteiger charge is 2.39. The summed E-state index contributed by atoms with van der Waals surface area (Å²) in [5, 5.41) is 3.25. The Morgan fingerprint density at radius 1 is 0.919 bits per heavy atom. The second kappa shape index (κ2) is 8.82. The Morgan fingerprint density at radius 2 is 1.70 bits per heavy atom. The molecule has 2 unspecified atom stereocenters. The molecule has 0 spiro atoms. The Hall–Kier alpha value is -4.02. The van der Waals surface area contributed by atoms with Gasteiger partial charge in [0, 0.05) is 48.4 Å². The molecule has 188 valence electrons. The van der Waals surface area contributed by atoms with Crippen molar-refractivity contribution in [3.63, 3.8) is 0 Å². The number of carbonyl (C=O) groups excluding carboxylic acids is 1. The first-order valence-electron chi connectivity index (χ1n) is 11.9. The lowest BCUT2D eigenvalue weighted by Crippen LogP contribution is -2.48. The van der Waals surface area contributed by atoms with E-state index in [1.165, 1.54) is 40.7 Å². The fourth-order valence-corrected chi connectivity index (χ4v) is 6.89. The average molecular weight is 518 g/mol. The van der Waals surface area contributed by atoms with Crippen LogP contribution in [0.4, 0.5) is 5.69 Å². The van der Waals surface area contributed by atoms with E-state index in [1.807, 2.05) is 6.07 Å². The molecule has 2 aliphatic rings. The van der Waals surface area contributed by atoms with Crippen LogP contribution in [-0.2, 0) is 16.6 Å². The summed E-state index contributed by atoms with van der Waals surface area (Å²) >= 11 is 0. The minimum atomic E-state index is -3.78. The monoisotopic (exact) mass is 517 g/mol. The summed E-state index contributed by atoms with van der Waals surface area (Å²) in [4.78, 5) is 37.4. The van der Waals surface area contributed by atoms with E-state index in [9.17, 15) is 22.8 Å². The van der Waals surface area contributed by atoms with Crippen LogP contribution >= 0.6 is 0 Å². The van der Waals surface area contributed by atoms with Crippen LogP contribution in [0.25, 0.3) is 11.0 Å². The van der Waals surface area contributed by atoms with Crippen molar-refractivity contribution >= 4 is 32.6 Å². The zero-order valence-electron chi connectivity index (χ0n) is 19.7. The summed E-state index contributed by atoms with van der Waals surface area (Å²) < 4.78 is 35.3. The maximum Gasteiger partial charge on any atom is 0.349 e. The lowest BCUT2D eigenvalue weighted by molar-refractivity contribution is 0.102. The van der Waals surface area contributed by atoms with Crippen LogP contribution in [0.3, 0.4) is 0 Å². The second-order valence-corrected chi connectivity index (χ2v) is 11.4. The van der Waals surface area contributed by atoms with Gasteiger partial charge in [-0.05, 0) is 54.8 Å². The smallest absolute Gasteiger partial charge is 0.349 e. The minimum Gasteiger partial charge on any atom is -0.422 e. The van der Waals surface area contributed by atoms with Crippen molar-refractivity contribution in [3.05, 3.63) is 105 Å². The lowest BCUT2D eigenvalue weighted by atomic mass is 9.84. The molecular weight excluding hydrogens is 494 g/mol. The molecule has 0 radical (unpaired) electrons. The minimum absolute atomic E-state index is 0.0385. The summed E-state index contributed by atoms with van der Waals surface area (Å²) in [6, 6.07) is 19.4. The molecule has 2 aromatic heterocycles. The number of para-hydroxylation sites is 1. The van der Waals surface area contributed by atoms with Gasteiger partial charge in [-0.25, -0.2) is 13.2 Å². The highest BCUT2D eigenvalue weighted by Crippen LogP contribution is 2.37. The van der Waals surface area contributed by atoms with Gasteiger partial charge in [-0.2, -0.15) is 4.31 Å². The van der Waals surface area contributed by atoms with Crippen LogP contribution in [0.1, 0.15) is 28.4 Å². The van der Waals surface area contributed by atoms with Crippen molar-refractivity contribution in [2.24, 2.45) is 5.92 Å². The number of aromatic nitrogens is 1. The zero-order chi connectivity index (χ0) is 25.7. The summed E-state index contributed by atoms with van der Waals surface area (Å²) in [6.07, 6.45) is 0.850. The molecule has 10 heteroatoms. The number of benzene rings is 2. The van der Waals surface area contributed by atoms with Crippen LogP contribution in [0.5, 0.6) is 0 Å². The molecule has 6 rings (SSSR count). The van der Waals surface area contributed by atoms with Crippen LogP contribution < -0.4 is 16.5 Å². The van der Waals surface area contributed by atoms with E-state index in [0.29, 0.717) is 36.3 Å². The molecule has 0 aliphatic carbocycles. The number of amides is 1. The molecule has 2 aromatic carbocycles. The van der Waals surface area contributed by atoms with E-state index < -0.39 is 21.6 Å². The molecule has 1 N–H and O–H groups in total. The van der Waals surface area contributed by atoms with Crippen LogP contribution in [-0.4, -0.2) is 36.3 Å². The summed E-state index contributed by atoms with van der Waals surface area (Å²) in [6.45, 7) is 1.15. The molecule has 1 amide bonds. The van der Waals surface area contributed by atoms with Crippen LogP contribution in [0.2, 0.25) is 0 Å². The van der Waals surface area contributed by atoms with E-state index in [4.69, 9.17) is 4.42 Å². The number of nitrogens with zero attached hydrogens (tertiary/aromatic N) is 2. The van der Waals surface area contributed by atoms with Crippen molar-refractivity contribution in [1.82, 2.24) is 8.87 Å². The van der Waals surface area contributed by atoms with Gasteiger partial charge in [0.05, 0.1) is 4.90 Å². The van der Waals surface area contributed by atoms with Crippen LogP contribution in [0, 0.1) is 5.92 Å². The van der Waals surface area contributed by atoms with Gasteiger partial charge in [0.15, 0.2) is 0 Å². The zero-order valence-corrected chi connectivity index (χ0v) is 20.5. The third kappa shape index (κ3) is 4.17. The number of piperidine rings is 1. The van der Waals surface area contributed by atoms with Gasteiger partial charge in [0.1, 0.15) is 11.1 Å². The Kier molecular flexibility index (Phi) is 5.58. The first-order valence-corrected chi connectivity index (χ1v) is 13.4. The Morgan fingerprint density at radius 3 is 2.51 bits per heavy atom. The number of nitrogens with one attached hydrogen (secondary N) is 1.